The smallest absolute Gasteiger partial charge is 0.193 e. The summed E-state index contributed by atoms with van der Waals surface area (Å²) in [6.45, 7) is 0.493. The molecule has 0 spiro atoms. The van der Waals surface area contributed by atoms with E-state index in [-0.39, 0.29) is 12.2 Å². The Morgan fingerprint density at radius 1 is 1.14 bits per heavy atom. The molecule has 0 aliphatic heterocycles. The van der Waals surface area contributed by atoms with Gasteiger partial charge in [0.25, 0.3) is 0 Å². The second-order valence-electron chi connectivity index (χ2n) is 4.96. The maximum Gasteiger partial charge on any atom is 0.193 e. The van der Waals surface area contributed by atoms with Crippen molar-refractivity contribution >= 4 is 16.7 Å². The third-order valence-electron chi connectivity index (χ3n) is 3.38. The normalized spacial score (nSPS) is 10.3. The summed E-state index contributed by atoms with van der Waals surface area (Å²) < 4.78 is 5.76. The summed E-state index contributed by atoms with van der Waals surface area (Å²) in [5, 5.41) is 9.51. The topological polar surface area (TPSA) is 65.9 Å². The number of Topliss-reactive ketones (excluding diaryl/α,β-unsaturated/α-hetero) is 1. The van der Waals surface area contributed by atoms with Crippen LogP contribution in [0.1, 0.15) is 22.5 Å². The van der Waals surface area contributed by atoms with Gasteiger partial charge in [0.15, 0.2) is 5.78 Å². The molecular weight excluding hydrogens is 276 g/mol. The van der Waals surface area contributed by atoms with Crippen LogP contribution in [-0.4, -0.2) is 10.8 Å². The lowest BCUT2D eigenvalue weighted by Crippen LogP contribution is -1.96. The summed E-state index contributed by atoms with van der Waals surface area (Å²) >= 11 is 0. The number of nitrogens with zero attached hydrogens (tertiary/aromatic N) is 1. The Bertz CT molecular complexity index is 844. The van der Waals surface area contributed by atoms with Crippen molar-refractivity contribution in [3.63, 3.8) is 0 Å². The summed E-state index contributed by atoms with van der Waals surface area (Å²) in [5.41, 5.74) is 2.38. The summed E-state index contributed by atoms with van der Waals surface area (Å²) in [6.07, 6.45) is -0.121. The number of benzene rings is 2. The van der Waals surface area contributed by atoms with Gasteiger partial charge < -0.3 is 9.72 Å². The van der Waals surface area contributed by atoms with E-state index < -0.39 is 0 Å². The summed E-state index contributed by atoms with van der Waals surface area (Å²) in [4.78, 5) is 14.8. The molecule has 0 amide bonds. The Hall–Kier alpha value is -3.06. The Balaban J connectivity index is 1.78. The average molecular weight is 290 g/mol. The molecule has 0 fully saturated rings. The van der Waals surface area contributed by atoms with Crippen LogP contribution in [-0.2, 0) is 6.61 Å². The number of H-pyrrole nitrogens is 1. The van der Waals surface area contributed by atoms with Crippen molar-refractivity contribution in [2.75, 3.05) is 0 Å². The zero-order chi connectivity index (χ0) is 15.4. The van der Waals surface area contributed by atoms with Crippen LogP contribution in [0.25, 0.3) is 10.9 Å². The molecule has 0 unspecified atom stereocenters. The van der Waals surface area contributed by atoms with Gasteiger partial charge in [0.2, 0.25) is 0 Å². The number of hydrogen-bond acceptors (Lipinski definition) is 3. The molecule has 0 atom stereocenters. The van der Waals surface area contributed by atoms with Gasteiger partial charge in [0.05, 0.1) is 11.8 Å². The van der Waals surface area contributed by atoms with Gasteiger partial charge in [0, 0.05) is 17.0 Å². The number of aromatic amines is 1. The summed E-state index contributed by atoms with van der Waals surface area (Å²) in [6, 6.07) is 19.2. The fraction of sp³-hybridized carbons (Fsp3) is 0.111. The van der Waals surface area contributed by atoms with Gasteiger partial charge in [0.1, 0.15) is 18.8 Å². The van der Waals surface area contributed by atoms with Crippen molar-refractivity contribution in [2.45, 2.75) is 13.0 Å². The minimum Gasteiger partial charge on any atom is -0.489 e. The zero-order valence-electron chi connectivity index (χ0n) is 11.9. The third kappa shape index (κ3) is 2.99. The van der Waals surface area contributed by atoms with Gasteiger partial charge in [-0.3, -0.25) is 4.79 Å². The van der Waals surface area contributed by atoms with Crippen molar-refractivity contribution in [1.82, 2.24) is 4.98 Å². The number of ketones is 1. The fourth-order valence-corrected chi connectivity index (χ4v) is 2.25. The molecule has 3 aromatic rings. The van der Waals surface area contributed by atoms with Crippen molar-refractivity contribution in [1.29, 1.82) is 5.26 Å². The van der Waals surface area contributed by atoms with Gasteiger partial charge in [-0.15, -0.1) is 0 Å². The van der Waals surface area contributed by atoms with Crippen LogP contribution in [0, 0.1) is 11.3 Å². The van der Waals surface area contributed by atoms with Crippen molar-refractivity contribution in [3.8, 4) is 11.8 Å². The molecule has 1 N–H and O–H groups in total. The summed E-state index contributed by atoms with van der Waals surface area (Å²) in [7, 11) is 0. The monoisotopic (exact) mass is 290 g/mol. The Morgan fingerprint density at radius 3 is 2.73 bits per heavy atom. The largest absolute Gasteiger partial charge is 0.489 e. The van der Waals surface area contributed by atoms with E-state index in [1.807, 2.05) is 54.6 Å². The van der Waals surface area contributed by atoms with Crippen LogP contribution in [0.3, 0.4) is 0 Å². The number of fused-ring (bicyclic) bond motifs is 1. The highest BCUT2D eigenvalue weighted by Crippen LogP contribution is 2.22. The average Bonchev–Trinajstić information content (AvgIpc) is 2.97. The van der Waals surface area contributed by atoms with E-state index in [1.54, 1.807) is 6.07 Å². The van der Waals surface area contributed by atoms with Crippen LogP contribution in [0.5, 0.6) is 5.75 Å². The second-order valence-corrected chi connectivity index (χ2v) is 4.96. The zero-order valence-corrected chi connectivity index (χ0v) is 11.9. The van der Waals surface area contributed by atoms with E-state index in [4.69, 9.17) is 10.00 Å². The van der Waals surface area contributed by atoms with Crippen LogP contribution >= 0.6 is 0 Å². The second kappa shape index (κ2) is 6.15. The lowest BCUT2D eigenvalue weighted by molar-refractivity contribution is 0.0994. The standard InChI is InChI=1S/C18H14N2O2/c19-9-8-18(21)17-10-14-6-7-15(11-16(14)20-17)22-12-13-4-2-1-3-5-13/h1-7,10-11,20H,8,12H2. The summed E-state index contributed by atoms with van der Waals surface area (Å²) in [5.74, 6) is 0.530. The highest BCUT2D eigenvalue weighted by Gasteiger charge is 2.09. The van der Waals surface area contributed by atoms with E-state index in [0.717, 1.165) is 22.2 Å². The van der Waals surface area contributed by atoms with E-state index >= 15 is 0 Å². The predicted octanol–water partition coefficient (Wildman–Crippen LogP) is 3.84. The number of hydrogen-bond donors (Lipinski definition) is 1. The number of aromatic nitrogens is 1. The number of carbonyl (C=O) groups is 1. The van der Waals surface area contributed by atoms with Crippen LogP contribution in [0.2, 0.25) is 0 Å². The molecule has 0 radical (unpaired) electrons. The highest BCUT2D eigenvalue weighted by atomic mass is 16.5. The quantitative estimate of drug-likeness (QED) is 0.726. The molecule has 0 aliphatic carbocycles. The molecule has 4 heteroatoms. The van der Waals surface area contributed by atoms with Gasteiger partial charge in [-0.25, -0.2) is 0 Å². The minimum absolute atomic E-state index is 0.121. The minimum atomic E-state index is -0.203. The van der Waals surface area contributed by atoms with Gasteiger partial charge in [-0.2, -0.15) is 5.26 Å². The number of carbonyl (C=O) groups excluding carboxylic acids is 1. The first kappa shape index (κ1) is 13.9. The molecule has 2 aromatic carbocycles. The Labute approximate surface area is 128 Å². The molecule has 3 rings (SSSR count). The SMILES string of the molecule is N#CCC(=O)c1cc2ccc(OCc3ccccc3)cc2[nH]1. The van der Waals surface area contributed by atoms with E-state index in [9.17, 15) is 4.79 Å². The Kier molecular flexibility index (Phi) is 3.88. The molecule has 0 aliphatic rings. The highest BCUT2D eigenvalue weighted by molar-refractivity contribution is 6.00. The van der Waals surface area contributed by atoms with Gasteiger partial charge >= 0.3 is 0 Å². The van der Waals surface area contributed by atoms with E-state index in [2.05, 4.69) is 4.98 Å². The molecule has 0 saturated carbocycles. The lowest BCUT2D eigenvalue weighted by Gasteiger charge is -2.06. The van der Waals surface area contributed by atoms with E-state index in [0.29, 0.717) is 12.3 Å². The first-order valence-corrected chi connectivity index (χ1v) is 6.96. The first-order valence-electron chi connectivity index (χ1n) is 6.96. The molecule has 1 aromatic heterocycles. The number of ether oxygens (including phenoxy) is 1. The number of rotatable bonds is 5. The molecular formula is C18H14N2O2. The molecule has 4 nitrogen and oxygen atoms in total. The molecule has 0 bridgehead atoms. The van der Waals surface area contributed by atoms with Crippen LogP contribution < -0.4 is 4.74 Å². The maximum atomic E-state index is 11.7. The number of nitriles is 1. The number of nitrogens with one attached hydrogen (secondary N) is 1. The van der Waals surface area contributed by atoms with Crippen LogP contribution in [0.15, 0.2) is 54.6 Å². The predicted molar refractivity (Wildman–Crippen MR) is 83.6 cm³/mol. The van der Waals surface area contributed by atoms with Crippen molar-refractivity contribution in [2.24, 2.45) is 0 Å². The third-order valence-corrected chi connectivity index (χ3v) is 3.38. The fourth-order valence-electron chi connectivity index (χ4n) is 2.25. The molecule has 108 valence electrons. The molecule has 1 heterocycles. The van der Waals surface area contributed by atoms with Gasteiger partial charge in [-0.05, 0) is 23.8 Å². The van der Waals surface area contributed by atoms with Crippen molar-refractivity contribution in [3.05, 3.63) is 65.9 Å². The van der Waals surface area contributed by atoms with E-state index in [1.165, 1.54) is 0 Å². The lowest BCUT2D eigenvalue weighted by atomic mass is 10.2. The first-order chi connectivity index (χ1) is 10.8. The maximum absolute atomic E-state index is 11.7. The molecule has 22 heavy (non-hydrogen) atoms. The Morgan fingerprint density at radius 2 is 1.95 bits per heavy atom. The molecule has 0 saturated heterocycles. The van der Waals surface area contributed by atoms with Crippen LogP contribution in [0.4, 0.5) is 0 Å². The van der Waals surface area contributed by atoms with Crippen molar-refractivity contribution < 1.29 is 9.53 Å². The van der Waals surface area contributed by atoms with Gasteiger partial charge in [-0.1, -0.05) is 30.3 Å².